The molecule has 24 heavy (non-hydrogen) atoms. The van der Waals surface area contributed by atoms with Gasteiger partial charge in [-0.3, -0.25) is 4.79 Å². The van der Waals surface area contributed by atoms with E-state index in [1.165, 1.54) is 24.3 Å². The molecule has 1 amide bonds. The van der Waals surface area contributed by atoms with Crippen molar-refractivity contribution in [2.75, 3.05) is 13.2 Å². The molecule has 2 aromatic carbocycles. The molecule has 7 heteroatoms. The van der Waals surface area contributed by atoms with E-state index in [-0.39, 0.29) is 31.2 Å². The summed E-state index contributed by atoms with van der Waals surface area (Å²) in [4.78, 5) is 11.7. The lowest BCUT2D eigenvalue weighted by atomic mass is 10.1. The van der Waals surface area contributed by atoms with Crippen molar-refractivity contribution >= 4 is 5.91 Å². The Bertz CT molecular complexity index is 709. The highest BCUT2D eigenvalue weighted by molar-refractivity contribution is 5.78. The first-order valence-electron chi connectivity index (χ1n) is 7.21. The smallest absolute Gasteiger partial charge is 0.224 e. The maximum atomic E-state index is 13.0. The first kappa shape index (κ1) is 17.8. The molecular weight excluding hydrogens is 323 g/mol. The summed E-state index contributed by atoms with van der Waals surface area (Å²) in [6, 6.07) is 8.66. The Morgan fingerprint density at radius 3 is 2.62 bits per heavy atom. The molecule has 2 rings (SSSR count). The van der Waals surface area contributed by atoms with Crippen LogP contribution in [0.1, 0.15) is 5.56 Å². The van der Waals surface area contributed by atoms with Gasteiger partial charge in [0.05, 0.1) is 6.42 Å². The van der Waals surface area contributed by atoms with Crippen LogP contribution in [-0.2, 0) is 11.2 Å². The Morgan fingerprint density at radius 2 is 1.92 bits per heavy atom. The van der Waals surface area contributed by atoms with Gasteiger partial charge in [-0.05, 0) is 29.8 Å². The van der Waals surface area contributed by atoms with Crippen molar-refractivity contribution in [2.45, 2.75) is 12.5 Å². The molecule has 2 N–H and O–H groups in total. The van der Waals surface area contributed by atoms with Gasteiger partial charge < -0.3 is 15.2 Å². The summed E-state index contributed by atoms with van der Waals surface area (Å²) in [7, 11) is 0. The van der Waals surface area contributed by atoms with E-state index >= 15 is 0 Å². The van der Waals surface area contributed by atoms with Crippen LogP contribution < -0.4 is 10.1 Å². The van der Waals surface area contributed by atoms with Crippen molar-refractivity contribution in [3.63, 3.8) is 0 Å². The summed E-state index contributed by atoms with van der Waals surface area (Å²) in [6.07, 6.45) is -1.05. The van der Waals surface area contributed by atoms with Crippen molar-refractivity contribution < 1.29 is 27.8 Å². The lowest BCUT2D eigenvalue weighted by Crippen LogP contribution is -2.36. The van der Waals surface area contributed by atoms with Gasteiger partial charge in [0.25, 0.3) is 0 Å². The van der Waals surface area contributed by atoms with Gasteiger partial charge >= 0.3 is 0 Å². The first-order chi connectivity index (χ1) is 11.4. The third-order valence-electron chi connectivity index (χ3n) is 3.12. The highest BCUT2D eigenvalue weighted by Gasteiger charge is 2.10. The molecule has 0 aliphatic rings. The Morgan fingerprint density at radius 1 is 1.12 bits per heavy atom. The highest BCUT2D eigenvalue weighted by Crippen LogP contribution is 2.15. The number of carbonyl (C=O) groups is 1. The molecule has 0 heterocycles. The fraction of sp³-hybridized carbons (Fsp3) is 0.235. The molecule has 0 aliphatic heterocycles. The largest absolute Gasteiger partial charge is 0.491 e. The molecule has 2 aromatic rings. The number of ether oxygens (including phenoxy) is 1. The van der Waals surface area contributed by atoms with E-state index in [1.54, 1.807) is 6.07 Å². The number of amides is 1. The molecular formula is C17H16F3NO3. The average Bonchev–Trinajstić information content (AvgIpc) is 2.54. The second-order valence-electron chi connectivity index (χ2n) is 5.15. The average molecular weight is 339 g/mol. The van der Waals surface area contributed by atoms with Gasteiger partial charge in [-0.15, -0.1) is 0 Å². The standard InChI is InChI=1S/C17H16F3NO3/c18-12-3-1-2-11(6-12)7-17(23)21-9-13(22)10-24-14-4-5-15(19)16(20)8-14/h1-6,8,13,22H,7,9-10H2,(H,21,23). The van der Waals surface area contributed by atoms with Gasteiger partial charge in [0.15, 0.2) is 11.6 Å². The van der Waals surface area contributed by atoms with Crippen LogP contribution in [0.3, 0.4) is 0 Å². The monoisotopic (exact) mass is 339 g/mol. The molecule has 0 spiro atoms. The Kier molecular flexibility index (Phi) is 6.20. The summed E-state index contributed by atoms with van der Waals surface area (Å²) in [6.45, 7) is -0.289. The Hall–Kier alpha value is -2.54. The van der Waals surface area contributed by atoms with E-state index in [1.807, 2.05) is 0 Å². The predicted molar refractivity (Wildman–Crippen MR) is 81.0 cm³/mol. The third-order valence-corrected chi connectivity index (χ3v) is 3.12. The lowest BCUT2D eigenvalue weighted by Gasteiger charge is -2.13. The lowest BCUT2D eigenvalue weighted by molar-refractivity contribution is -0.121. The van der Waals surface area contributed by atoms with Crippen LogP contribution in [0.2, 0.25) is 0 Å². The van der Waals surface area contributed by atoms with Gasteiger partial charge in [-0.2, -0.15) is 0 Å². The maximum absolute atomic E-state index is 13.0. The molecule has 0 bridgehead atoms. The topological polar surface area (TPSA) is 58.6 Å². The fourth-order valence-corrected chi connectivity index (χ4v) is 1.94. The number of aliphatic hydroxyl groups is 1. The van der Waals surface area contributed by atoms with Gasteiger partial charge in [0.1, 0.15) is 24.3 Å². The zero-order valence-corrected chi connectivity index (χ0v) is 12.6. The molecule has 1 unspecified atom stereocenters. The molecule has 0 aromatic heterocycles. The summed E-state index contributed by atoms with van der Waals surface area (Å²) < 4.78 is 43.9. The Balaban J connectivity index is 1.73. The van der Waals surface area contributed by atoms with E-state index in [2.05, 4.69) is 5.32 Å². The van der Waals surface area contributed by atoms with Gasteiger partial charge in [0.2, 0.25) is 5.91 Å². The molecule has 0 radical (unpaired) electrons. The predicted octanol–water partition coefficient (Wildman–Crippen LogP) is 2.20. The third kappa shape index (κ3) is 5.58. The summed E-state index contributed by atoms with van der Waals surface area (Å²) in [5.74, 6) is -2.79. The van der Waals surface area contributed by atoms with Gasteiger partial charge in [-0.25, -0.2) is 13.2 Å². The van der Waals surface area contributed by atoms with E-state index in [0.29, 0.717) is 5.56 Å². The maximum Gasteiger partial charge on any atom is 0.224 e. The van der Waals surface area contributed by atoms with E-state index in [4.69, 9.17) is 4.74 Å². The number of hydrogen-bond acceptors (Lipinski definition) is 3. The van der Waals surface area contributed by atoms with Crippen molar-refractivity contribution in [1.29, 1.82) is 0 Å². The number of aliphatic hydroxyl groups excluding tert-OH is 1. The minimum absolute atomic E-state index is 0.0193. The number of hydrogen-bond donors (Lipinski definition) is 2. The second-order valence-corrected chi connectivity index (χ2v) is 5.15. The molecule has 0 saturated carbocycles. The van der Waals surface area contributed by atoms with Crippen LogP contribution in [0, 0.1) is 17.5 Å². The molecule has 0 fully saturated rings. The summed E-state index contributed by atoms with van der Waals surface area (Å²) in [5.41, 5.74) is 0.514. The van der Waals surface area contributed by atoms with Crippen LogP contribution in [0.15, 0.2) is 42.5 Å². The number of halogens is 3. The molecule has 4 nitrogen and oxygen atoms in total. The second kappa shape index (κ2) is 8.35. The number of benzene rings is 2. The zero-order chi connectivity index (χ0) is 17.5. The van der Waals surface area contributed by atoms with Crippen LogP contribution >= 0.6 is 0 Å². The van der Waals surface area contributed by atoms with Crippen molar-refractivity contribution in [2.24, 2.45) is 0 Å². The van der Waals surface area contributed by atoms with E-state index in [0.717, 1.165) is 12.1 Å². The fourth-order valence-electron chi connectivity index (χ4n) is 1.94. The minimum Gasteiger partial charge on any atom is -0.491 e. The molecule has 128 valence electrons. The quantitative estimate of drug-likeness (QED) is 0.813. The molecule has 0 aliphatic carbocycles. The van der Waals surface area contributed by atoms with Crippen LogP contribution in [0.5, 0.6) is 5.75 Å². The minimum atomic E-state index is -1.05. The number of carbonyl (C=O) groups excluding carboxylic acids is 1. The number of nitrogens with one attached hydrogen (secondary N) is 1. The SMILES string of the molecule is O=C(Cc1cccc(F)c1)NCC(O)COc1ccc(F)c(F)c1. The van der Waals surface area contributed by atoms with Crippen LogP contribution in [0.25, 0.3) is 0 Å². The van der Waals surface area contributed by atoms with Gasteiger partial charge in [-0.1, -0.05) is 12.1 Å². The normalized spacial score (nSPS) is 11.8. The molecule has 0 saturated heterocycles. The van der Waals surface area contributed by atoms with Crippen molar-refractivity contribution in [1.82, 2.24) is 5.32 Å². The van der Waals surface area contributed by atoms with Crippen LogP contribution in [-0.4, -0.2) is 30.3 Å². The van der Waals surface area contributed by atoms with Crippen LogP contribution in [0.4, 0.5) is 13.2 Å². The molecule has 1 atom stereocenters. The van der Waals surface area contributed by atoms with Crippen molar-refractivity contribution in [3.05, 3.63) is 65.5 Å². The summed E-state index contributed by atoms with van der Waals surface area (Å²) in [5, 5.41) is 12.2. The highest BCUT2D eigenvalue weighted by atomic mass is 19.2. The van der Waals surface area contributed by atoms with Crippen molar-refractivity contribution in [3.8, 4) is 5.75 Å². The van der Waals surface area contributed by atoms with E-state index < -0.39 is 23.6 Å². The number of rotatable bonds is 7. The Labute approximate surface area is 136 Å². The van der Waals surface area contributed by atoms with Gasteiger partial charge in [0, 0.05) is 12.6 Å². The summed E-state index contributed by atoms with van der Waals surface area (Å²) >= 11 is 0. The first-order valence-corrected chi connectivity index (χ1v) is 7.21. The van der Waals surface area contributed by atoms with E-state index in [9.17, 15) is 23.1 Å². The zero-order valence-electron chi connectivity index (χ0n) is 12.6.